The summed E-state index contributed by atoms with van der Waals surface area (Å²) in [4.78, 5) is 0. The van der Waals surface area contributed by atoms with Crippen LogP contribution in [0.15, 0.2) is 12.3 Å². The standard InChI is InChI=1S/C7H13NO/c8-5-1-3-7-4-2-6-9-7/h1,5,7H,2-4,6,8H2. The summed E-state index contributed by atoms with van der Waals surface area (Å²) in [5.41, 5.74) is 5.17. The highest BCUT2D eigenvalue weighted by molar-refractivity contribution is 4.81. The predicted octanol–water partition coefficient (Wildman–Crippen LogP) is 1.03. The molecule has 2 nitrogen and oxygen atoms in total. The van der Waals surface area contributed by atoms with Gasteiger partial charge in [-0.3, -0.25) is 0 Å². The average Bonchev–Trinajstić information content (AvgIpc) is 2.34. The summed E-state index contributed by atoms with van der Waals surface area (Å²) in [5, 5.41) is 0. The van der Waals surface area contributed by atoms with Gasteiger partial charge in [0.15, 0.2) is 0 Å². The summed E-state index contributed by atoms with van der Waals surface area (Å²) >= 11 is 0. The zero-order chi connectivity index (χ0) is 6.53. The van der Waals surface area contributed by atoms with E-state index in [1.165, 1.54) is 12.8 Å². The van der Waals surface area contributed by atoms with Crippen molar-refractivity contribution < 1.29 is 4.74 Å². The van der Waals surface area contributed by atoms with Crippen molar-refractivity contribution in [2.45, 2.75) is 25.4 Å². The fraction of sp³-hybridized carbons (Fsp3) is 0.714. The van der Waals surface area contributed by atoms with E-state index < -0.39 is 0 Å². The van der Waals surface area contributed by atoms with E-state index in [1.54, 1.807) is 6.20 Å². The first-order valence-electron chi connectivity index (χ1n) is 3.42. The Kier molecular flexibility index (Phi) is 2.58. The van der Waals surface area contributed by atoms with E-state index >= 15 is 0 Å². The zero-order valence-corrected chi connectivity index (χ0v) is 5.55. The summed E-state index contributed by atoms with van der Waals surface area (Å²) in [6.07, 6.45) is 7.38. The second-order valence-electron chi connectivity index (χ2n) is 2.30. The summed E-state index contributed by atoms with van der Waals surface area (Å²) in [7, 11) is 0. The Bertz CT molecular complexity index is 95.1. The van der Waals surface area contributed by atoms with E-state index in [9.17, 15) is 0 Å². The third-order valence-electron chi connectivity index (χ3n) is 1.56. The highest BCUT2D eigenvalue weighted by atomic mass is 16.5. The monoisotopic (exact) mass is 127 g/mol. The van der Waals surface area contributed by atoms with Crippen LogP contribution in [0.4, 0.5) is 0 Å². The molecule has 1 rings (SSSR count). The molecular weight excluding hydrogens is 114 g/mol. The molecule has 2 N–H and O–H groups in total. The number of hydrogen-bond acceptors (Lipinski definition) is 2. The lowest BCUT2D eigenvalue weighted by atomic mass is 10.2. The van der Waals surface area contributed by atoms with Crippen LogP contribution in [-0.4, -0.2) is 12.7 Å². The van der Waals surface area contributed by atoms with Crippen LogP contribution in [0.1, 0.15) is 19.3 Å². The highest BCUT2D eigenvalue weighted by Crippen LogP contribution is 2.14. The van der Waals surface area contributed by atoms with Crippen LogP contribution < -0.4 is 5.73 Å². The van der Waals surface area contributed by atoms with Crippen molar-refractivity contribution in [2.24, 2.45) is 5.73 Å². The van der Waals surface area contributed by atoms with Gasteiger partial charge in [-0.15, -0.1) is 0 Å². The van der Waals surface area contributed by atoms with Crippen molar-refractivity contribution in [3.63, 3.8) is 0 Å². The van der Waals surface area contributed by atoms with Gasteiger partial charge in [-0.1, -0.05) is 6.08 Å². The van der Waals surface area contributed by atoms with Crippen LogP contribution in [-0.2, 0) is 4.74 Å². The summed E-state index contributed by atoms with van der Waals surface area (Å²) in [6, 6.07) is 0. The van der Waals surface area contributed by atoms with Crippen molar-refractivity contribution in [3.8, 4) is 0 Å². The maximum atomic E-state index is 5.35. The Morgan fingerprint density at radius 1 is 1.67 bits per heavy atom. The van der Waals surface area contributed by atoms with Crippen molar-refractivity contribution >= 4 is 0 Å². The number of nitrogens with two attached hydrogens (primary N) is 1. The van der Waals surface area contributed by atoms with Crippen LogP contribution in [0.25, 0.3) is 0 Å². The molecular formula is C7H13NO. The fourth-order valence-electron chi connectivity index (χ4n) is 1.06. The molecule has 0 saturated carbocycles. The van der Waals surface area contributed by atoms with Gasteiger partial charge in [0, 0.05) is 6.61 Å². The fourth-order valence-corrected chi connectivity index (χ4v) is 1.06. The third-order valence-corrected chi connectivity index (χ3v) is 1.56. The van der Waals surface area contributed by atoms with Crippen molar-refractivity contribution in [1.82, 2.24) is 0 Å². The average molecular weight is 127 g/mol. The van der Waals surface area contributed by atoms with Gasteiger partial charge in [0.25, 0.3) is 0 Å². The van der Waals surface area contributed by atoms with Gasteiger partial charge in [-0.2, -0.15) is 0 Å². The smallest absolute Gasteiger partial charge is 0.0611 e. The zero-order valence-electron chi connectivity index (χ0n) is 5.55. The number of rotatable bonds is 2. The number of ether oxygens (including phenoxy) is 1. The molecule has 0 aromatic carbocycles. The van der Waals surface area contributed by atoms with Gasteiger partial charge in [0.2, 0.25) is 0 Å². The summed E-state index contributed by atoms with van der Waals surface area (Å²) in [6.45, 7) is 0.934. The van der Waals surface area contributed by atoms with E-state index in [0.717, 1.165) is 13.0 Å². The first-order valence-corrected chi connectivity index (χ1v) is 3.42. The molecule has 0 radical (unpaired) electrons. The molecule has 1 atom stereocenters. The molecule has 9 heavy (non-hydrogen) atoms. The van der Waals surface area contributed by atoms with Gasteiger partial charge in [0.1, 0.15) is 0 Å². The molecule has 0 bridgehead atoms. The normalized spacial score (nSPS) is 27.8. The van der Waals surface area contributed by atoms with Gasteiger partial charge in [-0.25, -0.2) is 0 Å². The molecule has 52 valence electrons. The molecule has 0 aromatic rings. The molecule has 1 aliphatic rings. The van der Waals surface area contributed by atoms with Gasteiger partial charge in [-0.05, 0) is 25.5 Å². The second kappa shape index (κ2) is 3.51. The maximum absolute atomic E-state index is 5.35. The summed E-state index contributed by atoms with van der Waals surface area (Å²) in [5.74, 6) is 0. The highest BCUT2D eigenvalue weighted by Gasteiger charge is 2.12. The predicted molar refractivity (Wildman–Crippen MR) is 36.9 cm³/mol. The van der Waals surface area contributed by atoms with Crippen molar-refractivity contribution in [3.05, 3.63) is 12.3 Å². The van der Waals surface area contributed by atoms with Crippen LogP contribution in [0.2, 0.25) is 0 Å². The quantitative estimate of drug-likeness (QED) is 0.601. The van der Waals surface area contributed by atoms with E-state index in [2.05, 4.69) is 0 Å². The Labute approximate surface area is 55.7 Å². The largest absolute Gasteiger partial charge is 0.405 e. The van der Waals surface area contributed by atoms with Crippen LogP contribution in [0.3, 0.4) is 0 Å². The van der Waals surface area contributed by atoms with E-state index in [0.29, 0.717) is 6.10 Å². The third kappa shape index (κ3) is 2.06. The topological polar surface area (TPSA) is 35.2 Å². The summed E-state index contributed by atoms with van der Waals surface area (Å²) < 4.78 is 5.35. The molecule has 0 amide bonds. The minimum absolute atomic E-state index is 0.449. The minimum Gasteiger partial charge on any atom is -0.405 e. The Balaban J connectivity index is 2.11. The minimum atomic E-state index is 0.449. The molecule has 0 aromatic heterocycles. The first-order chi connectivity index (χ1) is 4.43. The molecule has 1 aliphatic heterocycles. The maximum Gasteiger partial charge on any atom is 0.0611 e. The number of hydrogen-bond donors (Lipinski definition) is 1. The molecule has 2 heteroatoms. The van der Waals surface area contributed by atoms with Crippen LogP contribution in [0, 0.1) is 0 Å². The van der Waals surface area contributed by atoms with Crippen molar-refractivity contribution in [2.75, 3.05) is 6.61 Å². The van der Waals surface area contributed by atoms with E-state index in [4.69, 9.17) is 10.5 Å². The molecule has 1 fully saturated rings. The van der Waals surface area contributed by atoms with Gasteiger partial charge in [0.05, 0.1) is 6.10 Å². The van der Waals surface area contributed by atoms with Crippen molar-refractivity contribution in [1.29, 1.82) is 0 Å². The second-order valence-corrected chi connectivity index (χ2v) is 2.30. The molecule has 0 aliphatic carbocycles. The van der Waals surface area contributed by atoms with Gasteiger partial charge < -0.3 is 10.5 Å². The Morgan fingerprint density at radius 3 is 3.11 bits per heavy atom. The Hall–Kier alpha value is -0.500. The SMILES string of the molecule is NC=CCC1CCCO1. The molecule has 1 heterocycles. The van der Waals surface area contributed by atoms with E-state index in [-0.39, 0.29) is 0 Å². The molecule has 0 spiro atoms. The van der Waals surface area contributed by atoms with E-state index in [1.807, 2.05) is 6.08 Å². The lowest BCUT2D eigenvalue weighted by Gasteiger charge is -2.02. The van der Waals surface area contributed by atoms with Crippen LogP contribution >= 0.6 is 0 Å². The lowest BCUT2D eigenvalue weighted by molar-refractivity contribution is 0.113. The lowest BCUT2D eigenvalue weighted by Crippen LogP contribution is -2.02. The Morgan fingerprint density at radius 2 is 2.56 bits per heavy atom. The van der Waals surface area contributed by atoms with Gasteiger partial charge >= 0.3 is 0 Å². The van der Waals surface area contributed by atoms with Crippen LogP contribution in [0.5, 0.6) is 0 Å². The first kappa shape index (κ1) is 6.62. The molecule has 1 unspecified atom stereocenters. The molecule has 1 saturated heterocycles.